The van der Waals surface area contributed by atoms with E-state index >= 15 is 0 Å². The number of rotatable bonds is 6. The molecule has 0 fully saturated rings. The summed E-state index contributed by atoms with van der Waals surface area (Å²) >= 11 is 0. The molecule has 0 unspecified atom stereocenters. The number of sulfonamides is 1. The van der Waals surface area contributed by atoms with E-state index in [1.807, 2.05) is 4.72 Å². The normalized spacial score (nSPS) is 13.4. The molecule has 0 saturated carbocycles. The number of hydrogen-bond donors (Lipinski definition) is 2. The van der Waals surface area contributed by atoms with E-state index in [2.05, 4.69) is 0 Å². The topological polar surface area (TPSA) is 83.5 Å². The summed E-state index contributed by atoms with van der Waals surface area (Å²) in [5, 5.41) is 8.97. The molecule has 0 aliphatic carbocycles. The van der Waals surface area contributed by atoms with Gasteiger partial charge in [-0.2, -0.15) is 4.72 Å². The number of hydrogen-bond acceptors (Lipinski definition) is 3. The number of aliphatic carboxylic acids is 1. The van der Waals surface area contributed by atoms with Crippen LogP contribution >= 0.6 is 0 Å². The molecule has 0 bridgehead atoms. The van der Waals surface area contributed by atoms with Crippen molar-refractivity contribution in [2.24, 2.45) is 5.92 Å². The number of halogens is 2. The number of nitrogens with one attached hydrogen (secondary N) is 1. The number of carboxylic acid groups (broad SMARTS) is 1. The highest BCUT2D eigenvalue weighted by Crippen LogP contribution is 2.17. The Labute approximate surface area is 115 Å². The molecular formula is C12H15F2NO4S. The zero-order valence-electron chi connectivity index (χ0n) is 10.9. The number of carboxylic acids is 1. The van der Waals surface area contributed by atoms with Gasteiger partial charge in [-0.15, -0.1) is 0 Å². The summed E-state index contributed by atoms with van der Waals surface area (Å²) in [5.41, 5.74) is 0. The lowest BCUT2D eigenvalue weighted by atomic mass is 10.1. The Morgan fingerprint density at radius 2 is 1.95 bits per heavy atom. The van der Waals surface area contributed by atoms with Gasteiger partial charge in [-0.1, -0.05) is 13.8 Å². The van der Waals surface area contributed by atoms with E-state index in [1.165, 1.54) is 0 Å². The fourth-order valence-electron chi connectivity index (χ4n) is 1.61. The van der Waals surface area contributed by atoms with Crippen molar-refractivity contribution in [3.63, 3.8) is 0 Å². The van der Waals surface area contributed by atoms with E-state index < -0.39 is 38.6 Å². The highest BCUT2D eigenvalue weighted by atomic mass is 32.2. The SMILES string of the molecule is CC(C)C[C@H](NS(=O)(=O)c1ccc(F)cc1F)C(=O)O. The van der Waals surface area contributed by atoms with Crippen molar-refractivity contribution >= 4 is 16.0 Å². The van der Waals surface area contributed by atoms with Crippen LogP contribution in [0.25, 0.3) is 0 Å². The second-order valence-electron chi connectivity index (χ2n) is 4.72. The van der Waals surface area contributed by atoms with E-state index in [9.17, 15) is 22.0 Å². The maximum Gasteiger partial charge on any atom is 0.321 e. The maximum atomic E-state index is 13.5. The summed E-state index contributed by atoms with van der Waals surface area (Å²) in [5.74, 6) is -3.62. The molecule has 112 valence electrons. The largest absolute Gasteiger partial charge is 0.480 e. The van der Waals surface area contributed by atoms with E-state index in [0.29, 0.717) is 6.07 Å². The zero-order valence-corrected chi connectivity index (χ0v) is 11.7. The Balaban J connectivity index is 3.06. The fourth-order valence-corrected chi connectivity index (χ4v) is 2.88. The van der Waals surface area contributed by atoms with Crippen molar-refractivity contribution in [1.29, 1.82) is 0 Å². The van der Waals surface area contributed by atoms with Crippen molar-refractivity contribution in [1.82, 2.24) is 4.72 Å². The molecule has 2 N–H and O–H groups in total. The van der Waals surface area contributed by atoms with E-state index in [1.54, 1.807) is 13.8 Å². The van der Waals surface area contributed by atoms with Crippen LogP contribution < -0.4 is 4.72 Å². The first-order chi connectivity index (χ1) is 9.13. The second kappa shape index (κ2) is 6.27. The molecule has 0 saturated heterocycles. The van der Waals surface area contributed by atoms with Crippen LogP contribution in [0.4, 0.5) is 8.78 Å². The molecule has 0 radical (unpaired) electrons. The zero-order chi connectivity index (χ0) is 15.5. The molecule has 1 aromatic rings. The van der Waals surface area contributed by atoms with Gasteiger partial charge in [0.15, 0.2) is 0 Å². The predicted molar refractivity (Wildman–Crippen MR) is 67.6 cm³/mol. The fraction of sp³-hybridized carbons (Fsp3) is 0.417. The van der Waals surface area contributed by atoms with Crippen LogP contribution in [0.2, 0.25) is 0 Å². The van der Waals surface area contributed by atoms with Crippen LogP contribution in [-0.4, -0.2) is 25.5 Å². The number of carbonyl (C=O) groups is 1. The average molecular weight is 307 g/mol. The van der Waals surface area contributed by atoms with Gasteiger partial charge in [0.25, 0.3) is 0 Å². The Hall–Kier alpha value is -1.54. The molecule has 20 heavy (non-hydrogen) atoms. The van der Waals surface area contributed by atoms with Gasteiger partial charge in [-0.05, 0) is 24.5 Å². The average Bonchev–Trinajstić information content (AvgIpc) is 2.26. The third-order valence-electron chi connectivity index (χ3n) is 2.49. The Kier molecular flexibility index (Phi) is 5.18. The number of benzene rings is 1. The monoisotopic (exact) mass is 307 g/mol. The highest BCUT2D eigenvalue weighted by Gasteiger charge is 2.28. The van der Waals surface area contributed by atoms with E-state index in [4.69, 9.17) is 5.11 Å². The molecule has 0 heterocycles. The van der Waals surface area contributed by atoms with Crippen molar-refractivity contribution in [3.05, 3.63) is 29.8 Å². The van der Waals surface area contributed by atoms with Gasteiger partial charge in [-0.3, -0.25) is 4.79 Å². The minimum Gasteiger partial charge on any atom is -0.480 e. The maximum absolute atomic E-state index is 13.5. The van der Waals surface area contributed by atoms with Crippen molar-refractivity contribution < 1.29 is 27.1 Å². The van der Waals surface area contributed by atoms with Gasteiger partial charge in [-0.25, -0.2) is 17.2 Å². The molecule has 0 amide bonds. The smallest absolute Gasteiger partial charge is 0.321 e. The molecule has 0 aliphatic heterocycles. The first kappa shape index (κ1) is 16.5. The van der Waals surface area contributed by atoms with Crippen molar-refractivity contribution in [3.8, 4) is 0 Å². The first-order valence-corrected chi connectivity index (χ1v) is 7.32. The van der Waals surface area contributed by atoms with E-state index in [0.717, 1.165) is 12.1 Å². The minimum atomic E-state index is -4.37. The first-order valence-electron chi connectivity index (χ1n) is 5.83. The lowest BCUT2D eigenvalue weighted by Gasteiger charge is -2.16. The molecule has 8 heteroatoms. The lowest BCUT2D eigenvalue weighted by Crippen LogP contribution is -2.41. The summed E-state index contributed by atoms with van der Waals surface area (Å²) in [6.07, 6.45) is 0.0530. The van der Waals surface area contributed by atoms with Crippen LogP contribution in [0.5, 0.6) is 0 Å². The highest BCUT2D eigenvalue weighted by molar-refractivity contribution is 7.89. The van der Waals surface area contributed by atoms with Crippen LogP contribution in [0.15, 0.2) is 23.1 Å². The van der Waals surface area contributed by atoms with Crippen molar-refractivity contribution in [2.75, 3.05) is 0 Å². The Bertz CT molecular complexity index is 601. The van der Waals surface area contributed by atoms with Gasteiger partial charge in [0.2, 0.25) is 10.0 Å². The predicted octanol–water partition coefficient (Wildman–Crippen LogP) is 1.74. The molecule has 0 spiro atoms. The standard InChI is InChI=1S/C12H15F2NO4S/c1-7(2)5-10(12(16)17)15-20(18,19)11-4-3-8(13)6-9(11)14/h3-4,6-7,10,15H,5H2,1-2H3,(H,16,17)/t10-/m0/s1. The quantitative estimate of drug-likeness (QED) is 0.838. The molecular weight excluding hydrogens is 292 g/mol. The third-order valence-corrected chi connectivity index (χ3v) is 3.99. The van der Waals surface area contributed by atoms with Crippen molar-refractivity contribution in [2.45, 2.75) is 31.2 Å². The minimum absolute atomic E-state index is 0.0530. The van der Waals surface area contributed by atoms with E-state index in [-0.39, 0.29) is 12.3 Å². The molecule has 0 aromatic heterocycles. The van der Waals surface area contributed by atoms with Crippen LogP contribution in [0.1, 0.15) is 20.3 Å². The molecule has 5 nitrogen and oxygen atoms in total. The summed E-state index contributed by atoms with van der Waals surface area (Å²) in [7, 11) is -4.37. The van der Waals surface area contributed by atoms with Crippen LogP contribution in [-0.2, 0) is 14.8 Å². The second-order valence-corrected chi connectivity index (χ2v) is 6.40. The molecule has 1 atom stereocenters. The summed E-state index contributed by atoms with van der Waals surface area (Å²) < 4.78 is 52.0. The third kappa shape index (κ3) is 4.24. The molecule has 0 aliphatic rings. The van der Waals surface area contributed by atoms with Gasteiger partial charge in [0, 0.05) is 6.07 Å². The molecule has 1 aromatic carbocycles. The summed E-state index contributed by atoms with van der Waals surface area (Å²) in [6.45, 7) is 3.45. The lowest BCUT2D eigenvalue weighted by molar-refractivity contribution is -0.139. The Morgan fingerprint density at radius 3 is 2.40 bits per heavy atom. The Morgan fingerprint density at radius 1 is 1.35 bits per heavy atom. The summed E-state index contributed by atoms with van der Waals surface area (Å²) in [4.78, 5) is 10.2. The van der Waals surface area contributed by atoms with Gasteiger partial charge < -0.3 is 5.11 Å². The van der Waals surface area contributed by atoms with Crippen LogP contribution in [0.3, 0.4) is 0 Å². The summed E-state index contributed by atoms with van der Waals surface area (Å²) in [6, 6.07) is 0.591. The molecule has 1 rings (SSSR count). The van der Waals surface area contributed by atoms with Gasteiger partial charge in [0.05, 0.1) is 0 Å². The van der Waals surface area contributed by atoms with Crippen LogP contribution in [0, 0.1) is 17.6 Å². The van der Waals surface area contributed by atoms with Gasteiger partial charge in [0.1, 0.15) is 22.6 Å². The van der Waals surface area contributed by atoms with Gasteiger partial charge >= 0.3 is 5.97 Å².